The molecule has 2 heterocycles. The van der Waals surface area contributed by atoms with Gasteiger partial charge in [-0.3, -0.25) is 0 Å². The van der Waals surface area contributed by atoms with E-state index in [-0.39, 0.29) is 0 Å². The molecule has 4 nitrogen and oxygen atoms in total. The first-order chi connectivity index (χ1) is 9.63. The van der Waals surface area contributed by atoms with Gasteiger partial charge in [-0.2, -0.15) is 4.98 Å². The van der Waals surface area contributed by atoms with E-state index in [1.807, 2.05) is 23.2 Å². The molecule has 0 bridgehead atoms. The first-order valence-corrected chi connectivity index (χ1v) is 6.88. The van der Waals surface area contributed by atoms with Gasteiger partial charge in [0.15, 0.2) is 0 Å². The number of rotatable bonds is 3. The van der Waals surface area contributed by atoms with Gasteiger partial charge in [-0.25, -0.2) is 4.98 Å². The van der Waals surface area contributed by atoms with Crippen LogP contribution in [0.3, 0.4) is 0 Å². The maximum atomic E-state index is 6.16. The van der Waals surface area contributed by atoms with Crippen molar-refractivity contribution in [2.75, 3.05) is 17.2 Å². The zero-order valence-corrected chi connectivity index (χ0v) is 12.1. The molecule has 20 heavy (non-hydrogen) atoms. The number of hydrogen-bond acceptors (Lipinski definition) is 4. The minimum absolute atomic E-state index is 0.473. The Morgan fingerprint density at radius 3 is 2.65 bits per heavy atom. The molecule has 102 valence electrons. The van der Waals surface area contributed by atoms with E-state index in [2.05, 4.69) is 9.97 Å². The lowest BCUT2D eigenvalue weighted by atomic mass is 10.1. The highest BCUT2D eigenvalue weighted by Gasteiger charge is 2.13. The van der Waals surface area contributed by atoms with Gasteiger partial charge in [-0.05, 0) is 23.8 Å². The highest BCUT2D eigenvalue weighted by molar-refractivity contribution is 6.35. The maximum absolute atomic E-state index is 6.16. The van der Waals surface area contributed by atoms with Crippen LogP contribution in [-0.2, 0) is 6.42 Å². The molecule has 1 aliphatic rings. The van der Waals surface area contributed by atoms with Gasteiger partial charge in [0.25, 0.3) is 0 Å². The number of halogens is 2. The lowest BCUT2D eigenvalue weighted by Crippen LogP contribution is -2.26. The molecule has 0 fully saturated rings. The van der Waals surface area contributed by atoms with E-state index in [9.17, 15) is 0 Å². The Balaban J connectivity index is 1.85. The normalized spacial score (nSPS) is 13.4. The van der Waals surface area contributed by atoms with Crippen molar-refractivity contribution < 1.29 is 0 Å². The standard InChI is InChI=1S/C14H12Cl2N4/c15-11-3-2-9(12(16)7-11)6-10-8-18-14(19-13(10)17)20-4-1-5-20/h1-4,7-8H,5-6H2,(H2,17,18,19). The summed E-state index contributed by atoms with van der Waals surface area (Å²) in [6.45, 7) is 0.821. The van der Waals surface area contributed by atoms with Crippen molar-refractivity contribution >= 4 is 35.0 Å². The van der Waals surface area contributed by atoms with Gasteiger partial charge in [0.2, 0.25) is 5.95 Å². The number of aromatic nitrogens is 2. The van der Waals surface area contributed by atoms with Gasteiger partial charge in [-0.1, -0.05) is 29.3 Å². The summed E-state index contributed by atoms with van der Waals surface area (Å²) in [6.07, 6.45) is 6.28. The summed E-state index contributed by atoms with van der Waals surface area (Å²) in [5.74, 6) is 1.09. The van der Waals surface area contributed by atoms with Gasteiger partial charge >= 0.3 is 0 Å². The average Bonchev–Trinajstić information content (AvgIpc) is 2.33. The summed E-state index contributed by atoms with van der Waals surface area (Å²) in [5, 5.41) is 1.23. The minimum Gasteiger partial charge on any atom is -0.383 e. The number of nitrogen functional groups attached to an aromatic ring is 1. The van der Waals surface area contributed by atoms with Crippen LogP contribution in [0.15, 0.2) is 36.7 Å². The Kier molecular flexibility index (Phi) is 3.51. The van der Waals surface area contributed by atoms with Gasteiger partial charge < -0.3 is 10.6 Å². The summed E-state index contributed by atoms with van der Waals surface area (Å²) in [6, 6.07) is 5.41. The topological polar surface area (TPSA) is 55.0 Å². The number of nitrogens with two attached hydrogens (primary N) is 1. The third kappa shape index (κ3) is 2.57. The van der Waals surface area contributed by atoms with E-state index in [1.165, 1.54) is 0 Å². The number of hydrogen-bond donors (Lipinski definition) is 1. The van der Waals surface area contributed by atoms with E-state index in [1.54, 1.807) is 18.3 Å². The molecule has 2 aromatic rings. The van der Waals surface area contributed by atoms with Crippen LogP contribution in [0.1, 0.15) is 11.1 Å². The first-order valence-electron chi connectivity index (χ1n) is 6.12. The second-order valence-electron chi connectivity index (χ2n) is 4.53. The molecule has 0 atom stereocenters. The molecule has 0 aliphatic carbocycles. The zero-order valence-electron chi connectivity index (χ0n) is 10.6. The summed E-state index contributed by atoms with van der Waals surface area (Å²) in [5.41, 5.74) is 7.79. The number of benzene rings is 1. The van der Waals surface area contributed by atoms with Crippen LogP contribution in [-0.4, -0.2) is 16.5 Å². The molecule has 1 aromatic carbocycles. The Morgan fingerprint density at radius 1 is 1.25 bits per heavy atom. The summed E-state index contributed by atoms with van der Waals surface area (Å²) in [7, 11) is 0. The van der Waals surface area contributed by atoms with Crippen LogP contribution in [0.25, 0.3) is 0 Å². The molecular weight excluding hydrogens is 295 g/mol. The molecule has 0 unspecified atom stereocenters. The molecule has 3 rings (SSSR count). The average molecular weight is 307 g/mol. The van der Waals surface area contributed by atoms with E-state index >= 15 is 0 Å². The van der Waals surface area contributed by atoms with Gasteiger partial charge in [0, 0.05) is 41.0 Å². The van der Waals surface area contributed by atoms with Crippen LogP contribution in [0.5, 0.6) is 0 Å². The van der Waals surface area contributed by atoms with Crippen LogP contribution >= 0.6 is 23.2 Å². The minimum atomic E-state index is 0.473. The zero-order chi connectivity index (χ0) is 14.1. The largest absolute Gasteiger partial charge is 0.383 e. The molecule has 0 radical (unpaired) electrons. The van der Waals surface area contributed by atoms with Gasteiger partial charge in [-0.15, -0.1) is 0 Å². The van der Waals surface area contributed by atoms with Crippen molar-refractivity contribution in [1.29, 1.82) is 0 Å². The highest BCUT2D eigenvalue weighted by atomic mass is 35.5. The molecule has 0 saturated carbocycles. The molecule has 1 aromatic heterocycles. The SMILES string of the molecule is Nc1nc(N2C=CC2)ncc1Cc1ccc(Cl)cc1Cl. The van der Waals surface area contributed by atoms with Crippen LogP contribution < -0.4 is 10.6 Å². The Bertz CT molecular complexity index is 685. The van der Waals surface area contributed by atoms with Crippen molar-refractivity contribution in [3.05, 3.63) is 57.8 Å². The summed E-state index contributed by atoms with van der Waals surface area (Å²) < 4.78 is 0. The Hall–Kier alpha value is -1.78. The number of nitrogens with zero attached hydrogens (tertiary/aromatic N) is 3. The molecule has 0 spiro atoms. The van der Waals surface area contributed by atoms with Crippen molar-refractivity contribution in [2.24, 2.45) is 0 Å². The molecule has 1 aliphatic heterocycles. The van der Waals surface area contributed by atoms with Crippen molar-refractivity contribution in [2.45, 2.75) is 6.42 Å². The van der Waals surface area contributed by atoms with E-state index in [0.717, 1.165) is 17.7 Å². The second kappa shape index (κ2) is 5.31. The highest BCUT2D eigenvalue weighted by Crippen LogP contribution is 2.25. The lowest BCUT2D eigenvalue weighted by Gasteiger charge is -2.23. The number of anilines is 2. The Labute approximate surface area is 126 Å². The van der Waals surface area contributed by atoms with Crippen molar-refractivity contribution in [3.8, 4) is 0 Å². The maximum Gasteiger partial charge on any atom is 0.231 e. The van der Waals surface area contributed by atoms with Gasteiger partial charge in [0.1, 0.15) is 5.82 Å². The fraction of sp³-hybridized carbons (Fsp3) is 0.143. The van der Waals surface area contributed by atoms with E-state index in [0.29, 0.717) is 28.2 Å². The van der Waals surface area contributed by atoms with Crippen LogP contribution in [0.4, 0.5) is 11.8 Å². The smallest absolute Gasteiger partial charge is 0.231 e. The molecular formula is C14H12Cl2N4. The van der Waals surface area contributed by atoms with E-state index < -0.39 is 0 Å². The Morgan fingerprint density at radius 2 is 2.05 bits per heavy atom. The molecule has 6 heteroatoms. The predicted octanol–water partition coefficient (Wildman–Crippen LogP) is 3.29. The van der Waals surface area contributed by atoms with Crippen LogP contribution in [0.2, 0.25) is 10.0 Å². The summed E-state index contributed by atoms with van der Waals surface area (Å²) in [4.78, 5) is 10.6. The fourth-order valence-electron chi connectivity index (χ4n) is 1.91. The van der Waals surface area contributed by atoms with Crippen molar-refractivity contribution in [1.82, 2.24) is 9.97 Å². The lowest BCUT2D eigenvalue weighted by molar-refractivity contribution is 0.922. The monoisotopic (exact) mass is 306 g/mol. The van der Waals surface area contributed by atoms with E-state index in [4.69, 9.17) is 28.9 Å². The van der Waals surface area contributed by atoms with Gasteiger partial charge in [0.05, 0.1) is 0 Å². The quantitative estimate of drug-likeness (QED) is 0.945. The molecule has 2 N–H and O–H groups in total. The first kappa shape index (κ1) is 13.2. The predicted molar refractivity (Wildman–Crippen MR) is 82.2 cm³/mol. The third-order valence-corrected chi connectivity index (χ3v) is 3.71. The fourth-order valence-corrected chi connectivity index (χ4v) is 2.39. The molecule has 0 amide bonds. The molecule has 0 saturated heterocycles. The third-order valence-electron chi connectivity index (χ3n) is 3.13. The van der Waals surface area contributed by atoms with Crippen LogP contribution in [0, 0.1) is 0 Å². The summed E-state index contributed by atoms with van der Waals surface area (Å²) >= 11 is 12.0. The van der Waals surface area contributed by atoms with Crippen molar-refractivity contribution in [3.63, 3.8) is 0 Å². The second-order valence-corrected chi connectivity index (χ2v) is 5.37.